The van der Waals surface area contributed by atoms with E-state index in [1.54, 1.807) is 25.1 Å². The van der Waals surface area contributed by atoms with Gasteiger partial charge in [0.2, 0.25) is 0 Å². The van der Waals surface area contributed by atoms with Gasteiger partial charge in [-0.25, -0.2) is 4.79 Å². The van der Waals surface area contributed by atoms with Gasteiger partial charge in [-0.2, -0.15) is 13.2 Å². The van der Waals surface area contributed by atoms with Gasteiger partial charge >= 0.3 is 12.1 Å². The Bertz CT molecular complexity index is 1140. The lowest BCUT2D eigenvalue weighted by Gasteiger charge is -2.09. The molecular formula is C21H15F3N2O3. The van der Waals surface area contributed by atoms with Crippen LogP contribution in [0.4, 0.5) is 18.9 Å². The number of carboxylic acids is 1. The number of aryl methyl sites for hydroxylation is 1. The van der Waals surface area contributed by atoms with Gasteiger partial charge in [0.25, 0.3) is 5.91 Å². The molecule has 0 aliphatic rings. The number of benzene rings is 2. The molecule has 0 saturated heterocycles. The average Bonchev–Trinajstić information content (AvgIpc) is 2.65. The number of hydrogen-bond donors (Lipinski definition) is 2. The molecule has 1 amide bonds. The van der Waals surface area contributed by atoms with Crippen molar-refractivity contribution in [1.82, 2.24) is 4.98 Å². The van der Waals surface area contributed by atoms with E-state index in [4.69, 9.17) is 5.11 Å². The predicted octanol–water partition coefficient (Wildman–Crippen LogP) is 5.07. The van der Waals surface area contributed by atoms with Crippen LogP contribution in [0.3, 0.4) is 0 Å². The van der Waals surface area contributed by atoms with Crippen molar-refractivity contribution in [2.45, 2.75) is 13.1 Å². The van der Waals surface area contributed by atoms with Crippen LogP contribution in [0.5, 0.6) is 0 Å². The molecule has 0 saturated carbocycles. The van der Waals surface area contributed by atoms with Crippen LogP contribution in [0.15, 0.2) is 54.7 Å². The number of carbonyl (C=O) groups is 2. The first-order valence-corrected chi connectivity index (χ1v) is 8.43. The zero-order valence-electron chi connectivity index (χ0n) is 15.1. The number of halogens is 3. The molecule has 0 aliphatic carbocycles. The molecular weight excluding hydrogens is 385 g/mol. The van der Waals surface area contributed by atoms with Gasteiger partial charge in [0.15, 0.2) is 0 Å². The first-order chi connectivity index (χ1) is 13.6. The summed E-state index contributed by atoms with van der Waals surface area (Å²) in [4.78, 5) is 27.6. The number of allylic oxidation sites excluding steroid dienone is 1. The Balaban J connectivity index is 1.80. The van der Waals surface area contributed by atoms with Crippen LogP contribution in [0.25, 0.3) is 17.0 Å². The van der Waals surface area contributed by atoms with Crippen molar-refractivity contribution in [2.75, 3.05) is 5.32 Å². The number of pyridine rings is 1. The summed E-state index contributed by atoms with van der Waals surface area (Å²) in [7, 11) is 0. The van der Waals surface area contributed by atoms with Crippen molar-refractivity contribution >= 4 is 34.5 Å². The number of fused-ring (bicyclic) bond motifs is 1. The number of nitrogens with one attached hydrogen (secondary N) is 1. The van der Waals surface area contributed by atoms with E-state index in [0.717, 1.165) is 6.08 Å². The molecule has 0 fully saturated rings. The van der Waals surface area contributed by atoms with Crippen LogP contribution in [-0.4, -0.2) is 28.1 Å². The number of carboxylic acid groups (broad SMARTS) is 1. The highest BCUT2D eigenvalue weighted by molar-refractivity contribution is 6.06. The molecule has 1 heterocycles. The summed E-state index contributed by atoms with van der Waals surface area (Å²) >= 11 is 0. The van der Waals surface area contributed by atoms with Gasteiger partial charge in [-0.15, -0.1) is 0 Å². The fraction of sp³-hybridized carbons (Fsp3) is 0.0952. The fourth-order valence-corrected chi connectivity index (χ4v) is 2.75. The van der Waals surface area contributed by atoms with Crippen LogP contribution in [-0.2, 0) is 0 Å². The number of hydrogen-bond acceptors (Lipinski definition) is 3. The summed E-state index contributed by atoms with van der Waals surface area (Å²) in [6.45, 7) is 1.63. The minimum atomic E-state index is -4.40. The highest BCUT2D eigenvalue weighted by Gasteiger charge is 2.21. The number of aromatic nitrogens is 1. The molecule has 0 aliphatic heterocycles. The fourth-order valence-electron chi connectivity index (χ4n) is 2.75. The van der Waals surface area contributed by atoms with Crippen LogP contribution in [0, 0.1) is 6.92 Å². The molecule has 0 radical (unpaired) electrons. The van der Waals surface area contributed by atoms with Gasteiger partial charge in [-0.05, 0) is 42.3 Å². The molecule has 0 atom stereocenters. The van der Waals surface area contributed by atoms with E-state index in [-0.39, 0.29) is 11.6 Å². The minimum Gasteiger partial charge on any atom is -0.478 e. The van der Waals surface area contributed by atoms with Crippen molar-refractivity contribution in [2.24, 2.45) is 0 Å². The molecule has 0 bridgehead atoms. The zero-order chi connectivity index (χ0) is 21.2. The maximum absolute atomic E-state index is 12.5. The van der Waals surface area contributed by atoms with Crippen LogP contribution in [0.1, 0.15) is 31.8 Å². The molecule has 148 valence electrons. The van der Waals surface area contributed by atoms with Crippen LogP contribution in [0.2, 0.25) is 0 Å². The third kappa shape index (κ3) is 4.98. The molecule has 2 N–H and O–H groups in total. The molecule has 0 unspecified atom stereocenters. The van der Waals surface area contributed by atoms with E-state index >= 15 is 0 Å². The second kappa shape index (κ2) is 7.75. The molecule has 2 aromatic carbocycles. The number of anilines is 1. The van der Waals surface area contributed by atoms with Gasteiger partial charge in [0, 0.05) is 28.9 Å². The molecule has 3 rings (SSSR count). The second-order valence-electron chi connectivity index (χ2n) is 6.34. The van der Waals surface area contributed by atoms with Gasteiger partial charge in [0.05, 0.1) is 11.1 Å². The number of amides is 1. The predicted molar refractivity (Wildman–Crippen MR) is 103 cm³/mol. The Morgan fingerprint density at radius 3 is 2.52 bits per heavy atom. The second-order valence-corrected chi connectivity index (χ2v) is 6.34. The largest absolute Gasteiger partial charge is 0.478 e. The smallest absolute Gasteiger partial charge is 0.409 e. The topological polar surface area (TPSA) is 79.3 Å². The summed E-state index contributed by atoms with van der Waals surface area (Å²) in [6, 6.07) is 10.7. The molecule has 5 nitrogen and oxygen atoms in total. The average molecular weight is 400 g/mol. The Morgan fingerprint density at radius 2 is 1.86 bits per heavy atom. The molecule has 8 heteroatoms. The lowest BCUT2D eigenvalue weighted by atomic mass is 10.0. The van der Waals surface area contributed by atoms with Crippen LogP contribution < -0.4 is 5.32 Å². The lowest BCUT2D eigenvalue weighted by Crippen LogP contribution is -2.13. The monoisotopic (exact) mass is 400 g/mol. The highest BCUT2D eigenvalue weighted by Crippen LogP contribution is 2.22. The number of nitrogens with zero attached hydrogens (tertiary/aromatic N) is 1. The highest BCUT2D eigenvalue weighted by atomic mass is 19.4. The van der Waals surface area contributed by atoms with E-state index in [1.807, 2.05) is 0 Å². The normalized spacial score (nSPS) is 11.7. The quantitative estimate of drug-likeness (QED) is 0.641. The third-order valence-corrected chi connectivity index (χ3v) is 4.15. The summed E-state index contributed by atoms with van der Waals surface area (Å²) in [5.74, 6) is -1.50. The van der Waals surface area contributed by atoms with Crippen molar-refractivity contribution in [3.63, 3.8) is 0 Å². The summed E-state index contributed by atoms with van der Waals surface area (Å²) in [6.07, 6.45) is -2.10. The van der Waals surface area contributed by atoms with Gasteiger partial charge < -0.3 is 10.4 Å². The van der Waals surface area contributed by atoms with E-state index < -0.39 is 18.1 Å². The summed E-state index contributed by atoms with van der Waals surface area (Å²) in [5, 5.41) is 12.3. The Morgan fingerprint density at radius 1 is 1.10 bits per heavy atom. The Kier molecular flexibility index (Phi) is 5.36. The maximum Gasteiger partial charge on any atom is 0.409 e. The molecule has 0 spiro atoms. The zero-order valence-corrected chi connectivity index (χ0v) is 15.1. The van der Waals surface area contributed by atoms with Crippen molar-refractivity contribution in [3.05, 3.63) is 77.0 Å². The number of alkyl halides is 3. The van der Waals surface area contributed by atoms with Crippen molar-refractivity contribution in [3.8, 4) is 0 Å². The summed E-state index contributed by atoms with van der Waals surface area (Å²) < 4.78 is 36.8. The Hall–Kier alpha value is -3.68. The standard InChI is InChI=1S/C21H15F3N2O3/c1-12-8-13(6-7-21(22,23)24)2-5-17(12)19(27)26-16-4-3-14-9-15(20(28)29)11-25-18(14)10-16/h2-11H,1H3,(H,26,27)(H,28,29). The maximum atomic E-state index is 12.5. The van der Waals surface area contributed by atoms with Crippen molar-refractivity contribution < 1.29 is 27.9 Å². The van der Waals surface area contributed by atoms with Crippen molar-refractivity contribution in [1.29, 1.82) is 0 Å². The number of aromatic carboxylic acids is 1. The number of carbonyl (C=O) groups excluding carboxylic acids is 1. The molecule has 3 aromatic rings. The van der Waals surface area contributed by atoms with Gasteiger partial charge in [-0.3, -0.25) is 9.78 Å². The van der Waals surface area contributed by atoms with Crippen LogP contribution >= 0.6 is 0 Å². The van der Waals surface area contributed by atoms with E-state index in [9.17, 15) is 22.8 Å². The van der Waals surface area contributed by atoms with E-state index in [1.165, 1.54) is 30.5 Å². The SMILES string of the molecule is Cc1cc(C=CC(F)(F)F)ccc1C(=O)Nc1ccc2cc(C(=O)O)cnc2c1. The first-order valence-electron chi connectivity index (χ1n) is 8.43. The Labute approximate surface area is 163 Å². The molecule has 29 heavy (non-hydrogen) atoms. The van der Waals surface area contributed by atoms with E-state index in [2.05, 4.69) is 10.3 Å². The van der Waals surface area contributed by atoms with E-state index in [0.29, 0.717) is 33.3 Å². The minimum absolute atomic E-state index is 0.0598. The summed E-state index contributed by atoms with van der Waals surface area (Å²) in [5.41, 5.74) is 2.21. The lowest BCUT2D eigenvalue weighted by molar-refractivity contribution is -0.0790. The third-order valence-electron chi connectivity index (χ3n) is 4.15. The van der Waals surface area contributed by atoms with Gasteiger partial charge in [0.1, 0.15) is 0 Å². The molecule has 1 aromatic heterocycles. The number of rotatable bonds is 4. The first kappa shape index (κ1) is 20.1. The van der Waals surface area contributed by atoms with Gasteiger partial charge in [-0.1, -0.05) is 24.3 Å².